The van der Waals surface area contributed by atoms with Gasteiger partial charge in [0.2, 0.25) is 0 Å². The summed E-state index contributed by atoms with van der Waals surface area (Å²) in [4.78, 5) is 4.06. The van der Waals surface area contributed by atoms with Crippen LogP contribution in [0.3, 0.4) is 0 Å². The van der Waals surface area contributed by atoms with E-state index in [9.17, 15) is 26.0 Å². The summed E-state index contributed by atoms with van der Waals surface area (Å²) >= 11 is 0. The Morgan fingerprint density at radius 3 is 2.38 bits per heavy atom. The zero-order valence-corrected chi connectivity index (χ0v) is 17.9. The van der Waals surface area contributed by atoms with Gasteiger partial charge in [-0.15, -0.1) is 4.40 Å². The number of nitrogens with zero attached hydrogens (tertiary/aromatic N) is 3. The second-order valence-electron chi connectivity index (χ2n) is 7.84. The van der Waals surface area contributed by atoms with Gasteiger partial charge in [-0.25, -0.2) is 4.39 Å². The average Bonchev–Trinajstić information content (AvgIpc) is 2.93. The van der Waals surface area contributed by atoms with Crippen LogP contribution >= 0.6 is 0 Å². The molecule has 4 rings (SSSR count). The Morgan fingerprint density at radius 2 is 1.66 bits per heavy atom. The van der Waals surface area contributed by atoms with Crippen molar-refractivity contribution in [3.05, 3.63) is 59.4 Å². The molecule has 2 aromatic carbocycles. The highest BCUT2D eigenvalue weighted by molar-refractivity contribution is 7.90. The molecule has 1 fully saturated rings. The van der Waals surface area contributed by atoms with Gasteiger partial charge in [-0.3, -0.25) is 9.80 Å². The fourth-order valence-corrected chi connectivity index (χ4v) is 5.04. The normalized spacial score (nSPS) is 19.6. The van der Waals surface area contributed by atoms with Crippen molar-refractivity contribution in [1.29, 1.82) is 0 Å². The van der Waals surface area contributed by atoms with Gasteiger partial charge in [0.15, 0.2) is 0 Å². The third-order valence-electron chi connectivity index (χ3n) is 5.50. The minimum absolute atomic E-state index is 0.00861. The van der Waals surface area contributed by atoms with Crippen molar-refractivity contribution in [3.8, 4) is 0 Å². The number of fused-ring (bicyclic) bond motifs is 1. The number of para-hydroxylation sites is 1. The van der Waals surface area contributed by atoms with Gasteiger partial charge in [0.25, 0.3) is 10.0 Å². The molecule has 1 N–H and O–H groups in total. The highest BCUT2D eigenvalue weighted by Gasteiger charge is 2.31. The van der Waals surface area contributed by atoms with Crippen molar-refractivity contribution in [2.24, 2.45) is 4.40 Å². The third kappa shape index (κ3) is 5.11. The molecule has 32 heavy (non-hydrogen) atoms. The number of sulfonamides is 1. The van der Waals surface area contributed by atoms with E-state index in [2.05, 4.69) is 9.71 Å². The molecule has 2 aromatic rings. The van der Waals surface area contributed by atoms with Gasteiger partial charge in [0.05, 0.1) is 17.8 Å². The Balaban J connectivity index is 1.40. The Kier molecular flexibility index (Phi) is 6.24. The average molecular weight is 470 g/mol. The van der Waals surface area contributed by atoms with Crippen molar-refractivity contribution in [2.45, 2.75) is 24.0 Å². The number of amidine groups is 1. The summed E-state index contributed by atoms with van der Waals surface area (Å²) in [7, 11) is -3.77. The maximum Gasteiger partial charge on any atom is 0.416 e. The topological polar surface area (TPSA) is 65.0 Å². The Hall–Kier alpha value is -2.50. The molecule has 11 heteroatoms. The van der Waals surface area contributed by atoms with Crippen LogP contribution in [0.2, 0.25) is 0 Å². The van der Waals surface area contributed by atoms with E-state index in [4.69, 9.17) is 0 Å². The minimum Gasteiger partial charge on any atom is -0.341 e. The molecule has 1 saturated heterocycles. The molecular formula is C21H22F4N4O2S. The fraction of sp³-hybridized carbons (Fsp3) is 0.381. The van der Waals surface area contributed by atoms with E-state index in [1.807, 2.05) is 9.80 Å². The van der Waals surface area contributed by atoms with Crippen LogP contribution in [0.1, 0.15) is 17.5 Å². The molecule has 0 radical (unpaired) electrons. The smallest absolute Gasteiger partial charge is 0.341 e. The molecule has 0 bridgehead atoms. The lowest BCUT2D eigenvalue weighted by molar-refractivity contribution is -0.137. The molecule has 2 heterocycles. The van der Waals surface area contributed by atoms with Gasteiger partial charge >= 0.3 is 6.18 Å². The van der Waals surface area contributed by atoms with Gasteiger partial charge in [0, 0.05) is 25.2 Å². The zero-order valence-electron chi connectivity index (χ0n) is 17.1. The van der Waals surface area contributed by atoms with Crippen LogP contribution in [0.5, 0.6) is 0 Å². The quantitative estimate of drug-likeness (QED) is 0.693. The maximum atomic E-state index is 14.1. The summed E-state index contributed by atoms with van der Waals surface area (Å²) in [5, 5.41) is 3.06. The molecule has 0 spiro atoms. The van der Waals surface area contributed by atoms with Crippen LogP contribution in [0, 0.1) is 5.82 Å². The lowest BCUT2D eigenvalue weighted by Crippen LogP contribution is -2.38. The lowest BCUT2D eigenvalue weighted by Gasteiger charge is -2.25. The molecule has 0 amide bonds. The largest absolute Gasteiger partial charge is 0.416 e. The first-order valence-corrected chi connectivity index (χ1v) is 11.6. The first-order chi connectivity index (χ1) is 15.1. The van der Waals surface area contributed by atoms with Crippen LogP contribution in [0.15, 0.2) is 51.8 Å². The molecular weight excluding hydrogens is 448 g/mol. The van der Waals surface area contributed by atoms with E-state index in [-0.39, 0.29) is 17.0 Å². The predicted octanol–water partition coefficient (Wildman–Crippen LogP) is 3.57. The summed E-state index contributed by atoms with van der Waals surface area (Å²) < 4.78 is 81.7. The van der Waals surface area contributed by atoms with Crippen molar-refractivity contribution >= 4 is 21.5 Å². The Labute approximate surface area is 183 Å². The predicted molar refractivity (Wildman–Crippen MR) is 112 cm³/mol. The molecule has 2 aliphatic heterocycles. The van der Waals surface area contributed by atoms with Crippen LogP contribution in [0.25, 0.3) is 0 Å². The first kappa shape index (κ1) is 22.7. The highest BCUT2D eigenvalue weighted by atomic mass is 32.2. The SMILES string of the molecule is O=S1(=O)N=C(CN2CCCN(Cc3cc(C(F)(F)F)ccc3F)CC2)Nc2ccccc21. The van der Waals surface area contributed by atoms with Crippen LogP contribution in [-0.2, 0) is 22.7 Å². The zero-order chi connectivity index (χ0) is 22.9. The summed E-state index contributed by atoms with van der Waals surface area (Å²) in [5.41, 5.74) is -0.378. The van der Waals surface area contributed by atoms with Gasteiger partial charge < -0.3 is 5.32 Å². The molecule has 172 valence electrons. The summed E-state index contributed by atoms with van der Waals surface area (Å²) in [6.45, 7) is 2.66. The minimum atomic E-state index is -4.52. The molecule has 0 aliphatic carbocycles. The highest BCUT2D eigenvalue weighted by Crippen LogP contribution is 2.31. The summed E-state index contributed by atoms with van der Waals surface area (Å²) in [6.07, 6.45) is -3.82. The molecule has 0 saturated carbocycles. The fourth-order valence-electron chi connectivity index (χ4n) is 3.90. The standard InChI is InChI=1S/C21H22F4N4O2S/c22-17-7-6-16(21(23,24)25)12-15(17)13-28-8-3-9-29(11-10-28)14-20-26-18-4-1-2-5-19(18)32(30,31)27-20/h1-2,4-7,12H,3,8-11,13-14H2,(H,26,27). The van der Waals surface area contributed by atoms with E-state index in [0.717, 1.165) is 18.2 Å². The second kappa shape index (κ2) is 8.80. The van der Waals surface area contributed by atoms with Crippen LogP contribution < -0.4 is 5.32 Å². The van der Waals surface area contributed by atoms with Gasteiger partial charge in [-0.1, -0.05) is 12.1 Å². The molecule has 0 atom stereocenters. The van der Waals surface area contributed by atoms with E-state index < -0.39 is 27.6 Å². The Morgan fingerprint density at radius 1 is 0.969 bits per heavy atom. The number of alkyl halides is 3. The summed E-state index contributed by atoms with van der Waals surface area (Å²) in [5.74, 6) is -0.343. The van der Waals surface area contributed by atoms with Crippen molar-refractivity contribution < 1.29 is 26.0 Å². The maximum absolute atomic E-state index is 14.1. The monoisotopic (exact) mass is 470 g/mol. The molecule has 0 unspecified atom stereocenters. The number of halogens is 4. The van der Waals surface area contributed by atoms with Crippen molar-refractivity contribution in [3.63, 3.8) is 0 Å². The van der Waals surface area contributed by atoms with Gasteiger partial charge in [-0.05, 0) is 49.8 Å². The summed E-state index contributed by atoms with van der Waals surface area (Å²) in [6, 6.07) is 9.00. The van der Waals surface area contributed by atoms with E-state index in [0.29, 0.717) is 50.7 Å². The number of hydrogen-bond acceptors (Lipinski definition) is 5. The number of anilines is 1. The van der Waals surface area contributed by atoms with E-state index in [1.165, 1.54) is 6.07 Å². The number of rotatable bonds is 4. The Bertz CT molecular complexity index is 1130. The third-order valence-corrected chi connectivity index (χ3v) is 6.87. The van der Waals surface area contributed by atoms with Gasteiger partial charge in [0.1, 0.15) is 16.5 Å². The molecule has 2 aliphatic rings. The second-order valence-corrected chi connectivity index (χ2v) is 9.42. The molecule has 6 nitrogen and oxygen atoms in total. The number of nitrogens with one attached hydrogen (secondary N) is 1. The lowest BCUT2D eigenvalue weighted by atomic mass is 10.1. The van der Waals surface area contributed by atoms with Crippen molar-refractivity contribution in [1.82, 2.24) is 9.80 Å². The molecule has 0 aromatic heterocycles. The number of benzene rings is 2. The first-order valence-electron chi connectivity index (χ1n) is 10.1. The van der Waals surface area contributed by atoms with Crippen LogP contribution in [-0.4, -0.2) is 56.8 Å². The van der Waals surface area contributed by atoms with E-state index >= 15 is 0 Å². The number of hydrogen-bond donors (Lipinski definition) is 1. The van der Waals surface area contributed by atoms with Crippen LogP contribution in [0.4, 0.5) is 23.2 Å². The van der Waals surface area contributed by atoms with Gasteiger partial charge in [-0.2, -0.15) is 21.6 Å². The van der Waals surface area contributed by atoms with Crippen molar-refractivity contribution in [2.75, 3.05) is 38.0 Å². The van der Waals surface area contributed by atoms with E-state index in [1.54, 1.807) is 18.2 Å².